The minimum atomic E-state index is -4.00. The van der Waals surface area contributed by atoms with Crippen molar-refractivity contribution in [2.45, 2.75) is 35.5 Å². The van der Waals surface area contributed by atoms with Gasteiger partial charge in [0.05, 0.1) is 31.2 Å². The second kappa shape index (κ2) is 10.0. The fraction of sp³-hybridized carbons (Fsp3) is 0.350. The topological polar surface area (TPSA) is 66.5 Å². The van der Waals surface area contributed by atoms with E-state index >= 15 is 0 Å². The van der Waals surface area contributed by atoms with Crippen LogP contribution in [0.15, 0.2) is 40.1 Å². The third kappa shape index (κ3) is 5.37. The molecule has 0 bridgehead atoms. The van der Waals surface area contributed by atoms with Gasteiger partial charge in [0, 0.05) is 18.0 Å². The van der Waals surface area contributed by atoms with Crippen LogP contribution in [0.4, 0.5) is 5.69 Å². The van der Waals surface area contributed by atoms with Gasteiger partial charge in [-0.3, -0.25) is 9.52 Å². The number of amides is 1. The van der Waals surface area contributed by atoms with Gasteiger partial charge in [-0.1, -0.05) is 47.6 Å². The molecule has 5 nitrogen and oxygen atoms in total. The summed E-state index contributed by atoms with van der Waals surface area (Å²) < 4.78 is 28.4. The van der Waals surface area contributed by atoms with Gasteiger partial charge in [-0.2, -0.15) is 0 Å². The lowest BCUT2D eigenvalue weighted by atomic mass is 10.2. The SMILES string of the molecule is CSc1ccc(S(=O)(=O)Nc2cc(Cl)c(Cl)cc2Cl)cc1C(=O)N1CCCCCC1. The molecule has 0 atom stereocenters. The average Bonchev–Trinajstić information content (AvgIpc) is 3.00. The van der Waals surface area contributed by atoms with Crippen LogP contribution in [-0.4, -0.2) is 38.6 Å². The highest BCUT2D eigenvalue weighted by atomic mass is 35.5. The Morgan fingerprint density at radius 1 is 0.967 bits per heavy atom. The standard InChI is InChI=1S/C20H21Cl3N2O3S2/c1-29-19-7-6-13(10-14(19)20(26)25-8-4-2-3-5-9-25)30(27,28)24-18-12-16(22)15(21)11-17(18)23/h6-7,10-12,24H,2-5,8-9H2,1H3. The van der Waals surface area contributed by atoms with Crippen molar-refractivity contribution in [3.8, 4) is 0 Å². The van der Waals surface area contributed by atoms with E-state index in [1.165, 1.54) is 36.0 Å². The molecule has 0 aromatic heterocycles. The van der Waals surface area contributed by atoms with Gasteiger partial charge in [0.25, 0.3) is 15.9 Å². The Bertz CT molecular complexity index is 1050. The lowest BCUT2D eigenvalue weighted by molar-refractivity contribution is 0.0758. The van der Waals surface area contributed by atoms with Crippen molar-refractivity contribution in [3.63, 3.8) is 0 Å². The number of halogens is 3. The highest BCUT2D eigenvalue weighted by Crippen LogP contribution is 2.34. The van der Waals surface area contributed by atoms with Crippen molar-refractivity contribution >= 4 is 68.2 Å². The smallest absolute Gasteiger partial charge is 0.261 e. The quantitative estimate of drug-likeness (QED) is 0.387. The first-order chi connectivity index (χ1) is 14.2. The molecular formula is C20H21Cl3N2O3S2. The van der Waals surface area contributed by atoms with E-state index in [0.717, 1.165) is 30.6 Å². The van der Waals surface area contributed by atoms with Crippen molar-refractivity contribution in [1.82, 2.24) is 4.90 Å². The molecule has 0 radical (unpaired) electrons. The highest BCUT2D eigenvalue weighted by Gasteiger charge is 2.24. The number of sulfonamides is 1. The van der Waals surface area contributed by atoms with Crippen LogP contribution in [0.1, 0.15) is 36.0 Å². The zero-order chi connectivity index (χ0) is 21.9. The summed E-state index contributed by atoms with van der Waals surface area (Å²) in [6, 6.07) is 7.27. The van der Waals surface area contributed by atoms with Gasteiger partial charge in [0.15, 0.2) is 0 Å². The number of nitrogens with one attached hydrogen (secondary N) is 1. The molecule has 0 spiro atoms. The van der Waals surface area contributed by atoms with Crippen LogP contribution in [0.25, 0.3) is 0 Å². The van der Waals surface area contributed by atoms with Gasteiger partial charge in [-0.05, 0) is 49.4 Å². The Balaban J connectivity index is 1.95. The number of nitrogens with zero attached hydrogens (tertiary/aromatic N) is 1. The summed E-state index contributed by atoms with van der Waals surface area (Å²) in [7, 11) is -4.00. The molecule has 0 unspecified atom stereocenters. The molecule has 1 heterocycles. The summed E-state index contributed by atoms with van der Waals surface area (Å²) >= 11 is 19.4. The van der Waals surface area contributed by atoms with Crippen molar-refractivity contribution in [1.29, 1.82) is 0 Å². The molecule has 10 heteroatoms. The van der Waals surface area contributed by atoms with Gasteiger partial charge < -0.3 is 4.90 Å². The van der Waals surface area contributed by atoms with E-state index in [1.54, 1.807) is 6.07 Å². The number of carbonyl (C=O) groups is 1. The van der Waals surface area contributed by atoms with E-state index in [-0.39, 0.29) is 31.6 Å². The molecule has 1 saturated heterocycles. The number of rotatable bonds is 5. The summed E-state index contributed by atoms with van der Waals surface area (Å²) in [5, 5.41) is 0.516. The fourth-order valence-electron chi connectivity index (χ4n) is 3.27. The first kappa shape index (κ1) is 23.5. The molecule has 3 rings (SSSR count). The molecule has 30 heavy (non-hydrogen) atoms. The second-order valence-electron chi connectivity index (χ2n) is 6.92. The van der Waals surface area contributed by atoms with Crippen LogP contribution < -0.4 is 4.72 Å². The number of carbonyl (C=O) groups excluding carboxylic acids is 1. The monoisotopic (exact) mass is 506 g/mol. The Kier molecular flexibility index (Phi) is 7.85. The molecule has 162 valence electrons. The molecule has 2 aromatic carbocycles. The zero-order valence-electron chi connectivity index (χ0n) is 16.3. The maximum absolute atomic E-state index is 13.2. The third-order valence-corrected chi connectivity index (χ3v) is 8.05. The maximum Gasteiger partial charge on any atom is 0.261 e. The number of hydrogen-bond acceptors (Lipinski definition) is 4. The minimum Gasteiger partial charge on any atom is -0.339 e. The van der Waals surface area contributed by atoms with Crippen molar-refractivity contribution in [2.75, 3.05) is 24.1 Å². The molecule has 0 saturated carbocycles. The van der Waals surface area contributed by atoms with E-state index in [4.69, 9.17) is 34.8 Å². The van der Waals surface area contributed by atoms with E-state index in [1.807, 2.05) is 11.2 Å². The second-order valence-corrected chi connectivity index (χ2v) is 10.7. The van der Waals surface area contributed by atoms with Crippen molar-refractivity contribution in [2.24, 2.45) is 0 Å². The molecule has 0 aliphatic carbocycles. The molecule has 1 amide bonds. The Hall–Kier alpha value is -1.12. The normalized spacial score (nSPS) is 15.0. The zero-order valence-corrected chi connectivity index (χ0v) is 20.2. The largest absolute Gasteiger partial charge is 0.339 e. The van der Waals surface area contributed by atoms with Crippen LogP contribution in [-0.2, 0) is 10.0 Å². The van der Waals surface area contributed by atoms with E-state index in [9.17, 15) is 13.2 Å². The maximum atomic E-state index is 13.2. The Morgan fingerprint density at radius 2 is 1.60 bits per heavy atom. The molecule has 1 aliphatic rings. The summed E-state index contributed by atoms with van der Waals surface area (Å²) in [6.07, 6.45) is 5.96. The number of thioether (sulfide) groups is 1. The lowest BCUT2D eigenvalue weighted by Gasteiger charge is -2.22. The van der Waals surface area contributed by atoms with E-state index in [2.05, 4.69) is 4.72 Å². The predicted molar refractivity (Wildman–Crippen MR) is 125 cm³/mol. The molecule has 2 aromatic rings. The van der Waals surface area contributed by atoms with Crippen LogP contribution in [0.3, 0.4) is 0 Å². The average molecular weight is 508 g/mol. The Morgan fingerprint density at radius 3 is 2.23 bits per heavy atom. The van der Waals surface area contributed by atoms with Crippen molar-refractivity contribution < 1.29 is 13.2 Å². The minimum absolute atomic E-state index is 0.0272. The van der Waals surface area contributed by atoms with Gasteiger partial charge >= 0.3 is 0 Å². The van der Waals surface area contributed by atoms with Gasteiger partial charge in [0.1, 0.15) is 0 Å². The summed E-state index contributed by atoms with van der Waals surface area (Å²) in [5.41, 5.74) is 0.493. The number of hydrogen-bond donors (Lipinski definition) is 1. The first-order valence-corrected chi connectivity index (χ1v) is 13.2. The number of benzene rings is 2. The van der Waals surface area contributed by atoms with Crippen LogP contribution in [0.2, 0.25) is 15.1 Å². The molecule has 1 fully saturated rings. The van der Waals surface area contributed by atoms with Crippen LogP contribution in [0, 0.1) is 0 Å². The van der Waals surface area contributed by atoms with Crippen molar-refractivity contribution in [3.05, 3.63) is 51.0 Å². The van der Waals surface area contributed by atoms with Gasteiger partial charge in [0.2, 0.25) is 0 Å². The highest BCUT2D eigenvalue weighted by molar-refractivity contribution is 7.98. The molecular weight excluding hydrogens is 487 g/mol. The Labute approximate surface area is 196 Å². The van der Waals surface area contributed by atoms with E-state index in [0.29, 0.717) is 18.7 Å². The van der Waals surface area contributed by atoms with Crippen LogP contribution >= 0.6 is 46.6 Å². The predicted octanol–water partition coefficient (Wildman–Crippen LogP) is 6.19. The van der Waals surface area contributed by atoms with E-state index < -0.39 is 10.0 Å². The van der Waals surface area contributed by atoms with Gasteiger partial charge in [-0.25, -0.2) is 8.42 Å². The molecule has 1 aliphatic heterocycles. The van der Waals surface area contributed by atoms with Crippen LogP contribution in [0.5, 0.6) is 0 Å². The summed E-state index contributed by atoms with van der Waals surface area (Å²) in [4.78, 5) is 15.7. The van der Waals surface area contributed by atoms with Gasteiger partial charge in [-0.15, -0.1) is 11.8 Å². The molecule has 1 N–H and O–H groups in total. The lowest BCUT2D eigenvalue weighted by Crippen LogP contribution is -2.32. The third-order valence-electron chi connectivity index (χ3n) is 4.86. The number of anilines is 1. The number of likely N-dealkylation sites (tertiary alicyclic amines) is 1. The summed E-state index contributed by atoms with van der Waals surface area (Å²) in [5.74, 6) is -0.147. The summed E-state index contributed by atoms with van der Waals surface area (Å²) in [6.45, 7) is 1.36. The first-order valence-electron chi connectivity index (χ1n) is 9.37. The fourth-order valence-corrected chi connectivity index (χ4v) is 5.59.